The highest BCUT2D eigenvalue weighted by atomic mass is 32.2. The van der Waals surface area contributed by atoms with Crippen molar-refractivity contribution in [2.45, 2.75) is 50.7 Å². The number of rotatable bonds is 8. The Hall–Kier alpha value is -2.61. The molecular weight excluding hydrogens is 390 g/mol. The van der Waals surface area contributed by atoms with Crippen LogP contribution in [0.4, 0.5) is 5.69 Å². The number of esters is 1. The standard InChI is InChI=1S/C21H25N3O4S/c1-3-4-11-28-20(27)14-7-5-8-15(12-14)22-18(25)13-24-19(26)16-9-6-10-17(16)23-21(24)29-2/h5,7-8,12H,3-4,6,9-11,13H2,1-2H3,(H,22,25). The Balaban J connectivity index is 1.71. The number of carbonyl (C=O) groups excluding carboxylic acids is 2. The molecule has 1 aliphatic rings. The summed E-state index contributed by atoms with van der Waals surface area (Å²) in [6.07, 6.45) is 6.03. The Morgan fingerprint density at radius 1 is 1.31 bits per heavy atom. The Bertz CT molecular complexity index is 971. The van der Waals surface area contributed by atoms with Gasteiger partial charge >= 0.3 is 5.97 Å². The zero-order valence-electron chi connectivity index (χ0n) is 16.7. The molecule has 154 valence electrons. The van der Waals surface area contributed by atoms with Crippen LogP contribution in [0.5, 0.6) is 0 Å². The third-order valence-corrected chi connectivity index (χ3v) is 5.43. The fourth-order valence-electron chi connectivity index (χ4n) is 3.26. The van der Waals surface area contributed by atoms with Crippen LogP contribution in [0.25, 0.3) is 0 Å². The molecule has 1 N–H and O–H groups in total. The lowest BCUT2D eigenvalue weighted by Crippen LogP contribution is -2.32. The molecule has 0 fully saturated rings. The summed E-state index contributed by atoms with van der Waals surface area (Å²) < 4.78 is 6.63. The summed E-state index contributed by atoms with van der Waals surface area (Å²) in [6.45, 7) is 2.27. The summed E-state index contributed by atoms with van der Waals surface area (Å²) >= 11 is 1.35. The SMILES string of the molecule is CCCCOC(=O)c1cccc(NC(=O)Cn2c(SC)nc3c(c2=O)CCC3)c1. The van der Waals surface area contributed by atoms with E-state index in [0.29, 0.717) is 35.0 Å². The molecule has 0 unspecified atom stereocenters. The van der Waals surface area contributed by atoms with Gasteiger partial charge in [0.2, 0.25) is 5.91 Å². The van der Waals surface area contributed by atoms with Crippen LogP contribution < -0.4 is 10.9 Å². The minimum atomic E-state index is -0.418. The predicted molar refractivity (Wildman–Crippen MR) is 113 cm³/mol. The van der Waals surface area contributed by atoms with Gasteiger partial charge in [-0.15, -0.1) is 0 Å². The van der Waals surface area contributed by atoms with E-state index in [2.05, 4.69) is 10.3 Å². The number of ether oxygens (including phenoxy) is 1. The number of amides is 1. The van der Waals surface area contributed by atoms with Gasteiger partial charge in [-0.1, -0.05) is 31.2 Å². The maximum absolute atomic E-state index is 12.8. The van der Waals surface area contributed by atoms with E-state index in [4.69, 9.17) is 4.74 Å². The molecule has 2 aromatic rings. The van der Waals surface area contributed by atoms with Crippen molar-refractivity contribution in [2.75, 3.05) is 18.2 Å². The second-order valence-corrected chi connectivity index (χ2v) is 7.66. The number of carbonyl (C=O) groups is 2. The van der Waals surface area contributed by atoms with E-state index in [1.54, 1.807) is 24.3 Å². The Labute approximate surface area is 173 Å². The molecule has 1 aromatic heterocycles. The summed E-state index contributed by atoms with van der Waals surface area (Å²) in [7, 11) is 0. The highest BCUT2D eigenvalue weighted by molar-refractivity contribution is 7.98. The fourth-order valence-corrected chi connectivity index (χ4v) is 3.83. The Kier molecular flexibility index (Phi) is 7.09. The number of hydrogen-bond acceptors (Lipinski definition) is 6. The van der Waals surface area contributed by atoms with Crippen molar-refractivity contribution in [1.82, 2.24) is 9.55 Å². The molecule has 1 aromatic carbocycles. The van der Waals surface area contributed by atoms with E-state index in [-0.39, 0.29) is 18.0 Å². The Morgan fingerprint density at radius 2 is 2.14 bits per heavy atom. The van der Waals surface area contributed by atoms with Gasteiger partial charge in [0.1, 0.15) is 6.54 Å². The molecule has 0 bridgehead atoms. The van der Waals surface area contributed by atoms with Gasteiger partial charge in [-0.2, -0.15) is 0 Å². The average Bonchev–Trinajstić information content (AvgIpc) is 3.19. The molecule has 29 heavy (non-hydrogen) atoms. The van der Waals surface area contributed by atoms with Crippen LogP contribution in [-0.4, -0.2) is 34.3 Å². The first kappa shape index (κ1) is 21.1. The first-order valence-electron chi connectivity index (χ1n) is 9.77. The number of aryl methyl sites for hydroxylation is 1. The van der Waals surface area contributed by atoms with Gasteiger partial charge < -0.3 is 10.1 Å². The molecule has 7 nitrogen and oxygen atoms in total. The lowest BCUT2D eigenvalue weighted by molar-refractivity contribution is -0.116. The second kappa shape index (κ2) is 9.73. The van der Waals surface area contributed by atoms with Crippen LogP contribution in [0.3, 0.4) is 0 Å². The van der Waals surface area contributed by atoms with E-state index >= 15 is 0 Å². The summed E-state index contributed by atoms with van der Waals surface area (Å²) in [5, 5.41) is 3.30. The van der Waals surface area contributed by atoms with Gasteiger partial charge in [0, 0.05) is 11.3 Å². The highest BCUT2D eigenvalue weighted by Gasteiger charge is 2.21. The van der Waals surface area contributed by atoms with Crippen LogP contribution in [-0.2, 0) is 28.9 Å². The van der Waals surface area contributed by atoms with Gasteiger partial charge in [-0.25, -0.2) is 9.78 Å². The molecule has 8 heteroatoms. The number of thioether (sulfide) groups is 1. The monoisotopic (exact) mass is 415 g/mol. The lowest BCUT2D eigenvalue weighted by atomic mass is 10.2. The number of fused-ring (bicyclic) bond motifs is 1. The van der Waals surface area contributed by atoms with Crippen molar-refractivity contribution in [3.63, 3.8) is 0 Å². The molecule has 3 rings (SSSR count). The quantitative estimate of drug-likeness (QED) is 0.308. The van der Waals surface area contributed by atoms with Crippen molar-refractivity contribution >= 4 is 29.3 Å². The maximum Gasteiger partial charge on any atom is 0.338 e. The molecule has 1 aliphatic carbocycles. The molecular formula is C21H25N3O4S. The van der Waals surface area contributed by atoms with Gasteiger partial charge in [0.15, 0.2) is 5.16 Å². The van der Waals surface area contributed by atoms with Gasteiger partial charge in [0.25, 0.3) is 5.56 Å². The topological polar surface area (TPSA) is 90.3 Å². The van der Waals surface area contributed by atoms with Crippen molar-refractivity contribution in [1.29, 1.82) is 0 Å². The van der Waals surface area contributed by atoms with E-state index in [1.165, 1.54) is 16.3 Å². The number of aromatic nitrogens is 2. The second-order valence-electron chi connectivity index (χ2n) is 6.89. The zero-order chi connectivity index (χ0) is 20.8. The predicted octanol–water partition coefficient (Wildman–Crippen LogP) is 3.05. The van der Waals surface area contributed by atoms with E-state index in [9.17, 15) is 14.4 Å². The first-order chi connectivity index (χ1) is 14.0. The number of nitrogens with zero attached hydrogens (tertiary/aromatic N) is 2. The third kappa shape index (κ3) is 5.06. The number of anilines is 1. The van der Waals surface area contributed by atoms with Crippen LogP contribution in [0, 0.1) is 0 Å². The van der Waals surface area contributed by atoms with Gasteiger partial charge in [-0.05, 0) is 50.1 Å². The smallest absolute Gasteiger partial charge is 0.338 e. The van der Waals surface area contributed by atoms with Gasteiger partial charge in [0.05, 0.1) is 17.9 Å². The molecule has 0 radical (unpaired) electrons. The molecule has 1 heterocycles. The normalized spacial score (nSPS) is 12.5. The third-order valence-electron chi connectivity index (χ3n) is 4.75. The fraction of sp³-hybridized carbons (Fsp3) is 0.429. The molecule has 0 atom stereocenters. The molecule has 0 saturated carbocycles. The van der Waals surface area contributed by atoms with Crippen molar-refractivity contribution in [3.8, 4) is 0 Å². The first-order valence-corrected chi connectivity index (χ1v) is 11.0. The van der Waals surface area contributed by atoms with Gasteiger partial charge in [-0.3, -0.25) is 14.2 Å². The summed E-state index contributed by atoms with van der Waals surface area (Å²) in [6, 6.07) is 6.60. The maximum atomic E-state index is 12.8. The van der Waals surface area contributed by atoms with E-state index < -0.39 is 5.97 Å². The lowest BCUT2D eigenvalue weighted by Gasteiger charge is -2.13. The van der Waals surface area contributed by atoms with E-state index in [1.807, 2.05) is 13.2 Å². The average molecular weight is 416 g/mol. The van der Waals surface area contributed by atoms with Crippen LogP contribution >= 0.6 is 11.8 Å². The number of unbranched alkanes of at least 4 members (excludes halogenated alkanes) is 1. The minimum Gasteiger partial charge on any atom is -0.462 e. The molecule has 0 aliphatic heterocycles. The Morgan fingerprint density at radius 3 is 2.90 bits per heavy atom. The van der Waals surface area contributed by atoms with Crippen molar-refractivity contribution in [3.05, 3.63) is 51.4 Å². The van der Waals surface area contributed by atoms with Crippen LogP contribution in [0.1, 0.15) is 47.8 Å². The highest BCUT2D eigenvalue weighted by Crippen LogP contribution is 2.20. The van der Waals surface area contributed by atoms with Crippen molar-refractivity contribution < 1.29 is 14.3 Å². The summed E-state index contributed by atoms with van der Waals surface area (Å²) in [4.78, 5) is 42.0. The number of benzene rings is 1. The molecule has 0 spiro atoms. The largest absolute Gasteiger partial charge is 0.462 e. The summed E-state index contributed by atoms with van der Waals surface area (Å²) in [5.41, 5.74) is 2.28. The number of hydrogen-bond donors (Lipinski definition) is 1. The van der Waals surface area contributed by atoms with Crippen molar-refractivity contribution in [2.24, 2.45) is 0 Å². The molecule has 1 amide bonds. The van der Waals surface area contributed by atoms with E-state index in [0.717, 1.165) is 31.4 Å². The number of nitrogens with one attached hydrogen (secondary N) is 1. The van der Waals surface area contributed by atoms with Crippen LogP contribution in [0.15, 0.2) is 34.2 Å². The molecule has 0 saturated heterocycles. The zero-order valence-corrected chi connectivity index (χ0v) is 17.5. The minimum absolute atomic E-state index is 0.125. The van der Waals surface area contributed by atoms with Crippen LogP contribution in [0.2, 0.25) is 0 Å². The summed E-state index contributed by atoms with van der Waals surface area (Å²) in [5.74, 6) is -0.767.